The number of carboxylic acids is 1. The van der Waals surface area contributed by atoms with Crippen LogP contribution in [0.2, 0.25) is 5.15 Å². The highest BCUT2D eigenvalue weighted by atomic mass is 35.5. The van der Waals surface area contributed by atoms with Crippen LogP contribution in [0.25, 0.3) is 10.8 Å². The molecule has 0 saturated heterocycles. The molecule has 0 spiro atoms. The first kappa shape index (κ1) is 8.90. The molecule has 70 valence electrons. The summed E-state index contributed by atoms with van der Waals surface area (Å²) in [5, 5.41) is 10.1. The van der Waals surface area contributed by atoms with Crippen LogP contribution in [0.15, 0.2) is 24.7 Å². The van der Waals surface area contributed by atoms with E-state index in [1.54, 1.807) is 12.3 Å². The van der Waals surface area contributed by atoms with Crippen LogP contribution in [0.4, 0.5) is 0 Å². The number of halogens is 1. The maximum atomic E-state index is 10.9. The van der Waals surface area contributed by atoms with Gasteiger partial charge in [0.25, 0.3) is 0 Å². The molecule has 0 bridgehead atoms. The molecule has 2 aromatic heterocycles. The minimum atomic E-state index is -1.10. The molecule has 0 amide bonds. The minimum Gasteiger partial charge on any atom is -0.478 e. The summed E-state index contributed by atoms with van der Waals surface area (Å²) in [5.74, 6) is -1.10. The maximum Gasteiger partial charge on any atom is 0.339 e. The van der Waals surface area contributed by atoms with Crippen LogP contribution < -0.4 is 0 Å². The Morgan fingerprint density at radius 3 is 2.93 bits per heavy atom. The zero-order valence-electron chi connectivity index (χ0n) is 6.94. The van der Waals surface area contributed by atoms with Crippen LogP contribution in [0.3, 0.4) is 0 Å². The number of carboxylic acid groups (broad SMARTS) is 1. The van der Waals surface area contributed by atoms with Crippen molar-refractivity contribution >= 4 is 28.3 Å². The molecule has 2 aromatic rings. The average molecular weight is 209 g/mol. The van der Waals surface area contributed by atoms with E-state index in [4.69, 9.17) is 16.7 Å². The van der Waals surface area contributed by atoms with E-state index in [1.165, 1.54) is 12.4 Å². The van der Waals surface area contributed by atoms with Crippen LogP contribution >= 0.6 is 11.6 Å². The van der Waals surface area contributed by atoms with Crippen LogP contribution in [0, 0.1) is 0 Å². The molecule has 0 fully saturated rings. The molecule has 0 aliphatic rings. The standard InChI is InChI=1S/C9H5ClN2O2/c10-8-7(9(13)14)6-4-11-2-1-5(6)3-12-8/h1-4H,(H,13,14). The first-order valence-corrected chi connectivity index (χ1v) is 4.19. The molecule has 2 heterocycles. The third kappa shape index (κ3) is 1.29. The van der Waals surface area contributed by atoms with Gasteiger partial charge in [-0.05, 0) is 6.07 Å². The molecule has 14 heavy (non-hydrogen) atoms. The molecule has 0 atom stereocenters. The van der Waals surface area contributed by atoms with Gasteiger partial charge in [-0.15, -0.1) is 0 Å². The summed E-state index contributed by atoms with van der Waals surface area (Å²) < 4.78 is 0. The summed E-state index contributed by atoms with van der Waals surface area (Å²) in [7, 11) is 0. The monoisotopic (exact) mass is 208 g/mol. The Hall–Kier alpha value is -1.68. The van der Waals surface area contributed by atoms with Crippen molar-refractivity contribution in [2.75, 3.05) is 0 Å². The van der Waals surface area contributed by atoms with Crippen molar-refractivity contribution in [3.63, 3.8) is 0 Å². The average Bonchev–Trinajstić information content (AvgIpc) is 2.17. The molecule has 4 nitrogen and oxygen atoms in total. The van der Waals surface area contributed by atoms with Crippen LogP contribution in [0.5, 0.6) is 0 Å². The number of rotatable bonds is 1. The van der Waals surface area contributed by atoms with Crippen molar-refractivity contribution < 1.29 is 9.90 Å². The lowest BCUT2D eigenvalue weighted by molar-refractivity contribution is 0.0699. The Morgan fingerprint density at radius 2 is 2.21 bits per heavy atom. The Morgan fingerprint density at radius 1 is 1.43 bits per heavy atom. The molecule has 0 aromatic carbocycles. The highest BCUT2D eigenvalue weighted by molar-refractivity contribution is 6.33. The Balaban J connectivity index is 2.90. The number of hydrogen-bond donors (Lipinski definition) is 1. The summed E-state index contributed by atoms with van der Waals surface area (Å²) in [6.45, 7) is 0. The van der Waals surface area contributed by atoms with Crippen LogP contribution in [-0.4, -0.2) is 21.0 Å². The molecule has 0 radical (unpaired) electrons. The van der Waals surface area contributed by atoms with Gasteiger partial charge >= 0.3 is 5.97 Å². The van der Waals surface area contributed by atoms with Crippen LogP contribution in [0.1, 0.15) is 10.4 Å². The van der Waals surface area contributed by atoms with Crippen LogP contribution in [-0.2, 0) is 0 Å². The minimum absolute atomic E-state index is 0.00253. The highest BCUT2D eigenvalue weighted by Crippen LogP contribution is 2.22. The van der Waals surface area contributed by atoms with Crippen molar-refractivity contribution in [1.82, 2.24) is 9.97 Å². The fourth-order valence-corrected chi connectivity index (χ4v) is 1.46. The smallest absolute Gasteiger partial charge is 0.339 e. The van der Waals surface area contributed by atoms with E-state index in [2.05, 4.69) is 9.97 Å². The van der Waals surface area contributed by atoms with Gasteiger partial charge in [0, 0.05) is 29.4 Å². The van der Waals surface area contributed by atoms with Gasteiger partial charge in [-0.2, -0.15) is 0 Å². The van der Waals surface area contributed by atoms with Crippen molar-refractivity contribution in [2.24, 2.45) is 0 Å². The zero-order valence-corrected chi connectivity index (χ0v) is 7.69. The molecule has 0 aliphatic heterocycles. The van der Waals surface area contributed by atoms with E-state index >= 15 is 0 Å². The van der Waals surface area contributed by atoms with Gasteiger partial charge in [0.05, 0.1) is 0 Å². The second-order valence-corrected chi connectivity index (χ2v) is 3.05. The molecule has 1 N–H and O–H groups in total. The van der Waals surface area contributed by atoms with E-state index < -0.39 is 5.97 Å². The second-order valence-electron chi connectivity index (χ2n) is 2.69. The predicted octanol–water partition coefficient (Wildman–Crippen LogP) is 1.98. The molecule has 0 unspecified atom stereocenters. The van der Waals surface area contributed by atoms with Gasteiger partial charge in [0.2, 0.25) is 0 Å². The number of hydrogen-bond acceptors (Lipinski definition) is 3. The summed E-state index contributed by atoms with van der Waals surface area (Å²) >= 11 is 5.68. The number of carbonyl (C=O) groups is 1. The normalized spacial score (nSPS) is 10.4. The predicted molar refractivity (Wildman–Crippen MR) is 51.5 cm³/mol. The van der Waals surface area contributed by atoms with E-state index in [0.717, 1.165) is 0 Å². The highest BCUT2D eigenvalue weighted by Gasteiger charge is 2.14. The van der Waals surface area contributed by atoms with Gasteiger partial charge < -0.3 is 5.11 Å². The molecule has 0 saturated carbocycles. The molecule has 2 rings (SSSR count). The summed E-state index contributed by atoms with van der Waals surface area (Å²) in [5.41, 5.74) is -0.00253. The fraction of sp³-hybridized carbons (Fsp3) is 0. The number of aromatic carboxylic acids is 1. The molecular weight excluding hydrogens is 204 g/mol. The third-order valence-corrected chi connectivity index (χ3v) is 2.15. The van der Waals surface area contributed by atoms with Gasteiger partial charge in [0.15, 0.2) is 0 Å². The van der Waals surface area contributed by atoms with Crippen molar-refractivity contribution in [2.45, 2.75) is 0 Å². The SMILES string of the molecule is O=C(O)c1c(Cl)ncc2ccncc12. The number of aromatic nitrogens is 2. The zero-order chi connectivity index (χ0) is 10.1. The number of fused-ring (bicyclic) bond motifs is 1. The summed E-state index contributed by atoms with van der Waals surface area (Å²) in [6, 6.07) is 1.69. The lowest BCUT2D eigenvalue weighted by atomic mass is 10.1. The van der Waals surface area contributed by atoms with Gasteiger partial charge in [-0.1, -0.05) is 11.6 Å². The quantitative estimate of drug-likeness (QED) is 0.728. The van der Waals surface area contributed by atoms with E-state index in [0.29, 0.717) is 10.8 Å². The lowest BCUT2D eigenvalue weighted by Crippen LogP contribution is -2.00. The van der Waals surface area contributed by atoms with Crippen molar-refractivity contribution in [3.05, 3.63) is 35.4 Å². The van der Waals surface area contributed by atoms with Gasteiger partial charge in [-0.3, -0.25) is 4.98 Å². The van der Waals surface area contributed by atoms with E-state index in [9.17, 15) is 4.79 Å². The Labute approximate surface area is 84.2 Å². The Bertz CT molecular complexity index is 513. The molecule has 5 heteroatoms. The summed E-state index contributed by atoms with van der Waals surface area (Å²) in [6.07, 6.45) is 4.56. The van der Waals surface area contributed by atoms with Crippen molar-refractivity contribution in [1.29, 1.82) is 0 Å². The van der Waals surface area contributed by atoms with E-state index in [1.807, 2.05) is 0 Å². The lowest BCUT2D eigenvalue weighted by Gasteiger charge is -2.02. The first-order valence-electron chi connectivity index (χ1n) is 3.81. The summed E-state index contributed by atoms with van der Waals surface area (Å²) in [4.78, 5) is 18.5. The number of pyridine rings is 2. The Kier molecular flexibility index (Phi) is 2.05. The third-order valence-electron chi connectivity index (χ3n) is 1.86. The van der Waals surface area contributed by atoms with Crippen molar-refractivity contribution in [3.8, 4) is 0 Å². The fourth-order valence-electron chi connectivity index (χ4n) is 1.23. The van der Waals surface area contributed by atoms with E-state index in [-0.39, 0.29) is 10.7 Å². The van der Waals surface area contributed by atoms with Gasteiger partial charge in [-0.25, -0.2) is 9.78 Å². The largest absolute Gasteiger partial charge is 0.478 e. The first-order chi connectivity index (χ1) is 6.70. The van der Waals surface area contributed by atoms with Gasteiger partial charge in [0.1, 0.15) is 10.7 Å². The molecular formula is C9H5ClN2O2. The number of nitrogens with zero attached hydrogens (tertiary/aromatic N) is 2. The topological polar surface area (TPSA) is 63.1 Å². The molecule has 0 aliphatic carbocycles. The maximum absolute atomic E-state index is 10.9. The second kappa shape index (κ2) is 3.23.